The summed E-state index contributed by atoms with van der Waals surface area (Å²) < 4.78 is 37.2. The number of anilines is 1. The van der Waals surface area contributed by atoms with E-state index in [1.54, 1.807) is 11.0 Å². The maximum atomic E-state index is 13.8. The predicted octanol–water partition coefficient (Wildman–Crippen LogP) is 3.04. The van der Waals surface area contributed by atoms with E-state index in [-0.39, 0.29) is 28.7 Å². The number of carbonyl (C=O) groups excluding carboxylic acids is 1. The van der Waals surface area contributed by atoms with E-state index in [9.17, 15) is 27.7 Å². The Balaban J connectivity index is 2.02. The maximum absolute atomic E-state index is 13.8. The molecule has 0 spiro atoms. The summed E-state index contributed by atoms with van der Waals surface area (Å²) >= 11 is 0. The van der Waals surface area contributed by atoms with E-state index >= 15 is 0 Å². The zero-order valence-electron chi connectivity index (χ0n) is 15.9. The number of nitrogens with one attached hydrogen (secondary N) is 1. The van der Waals surface area contributed by atoms with Gasteiger partial charge in [-0.05, 0) is 41.8 Å². The third kappa shape index (κ3) is 4.53. The standard InChI is InChI=1S/C19H20FN3O5S/c1-12(24)22-8-7-17(16-5-3-14(20)9-13(16)11-22)21-18-6-4-15(29(2,27)28)10-19(18)23(25)26/h3-6,9-10,17,21H,7-8,11H2,1-2H3. The first-order chi connectivity index (χ1) is 13.6. The molecule has 0 saturated carbocycles. The average molecular weight is 421 g/mol. The van der Waals surface area contributed by atoms with Crippen molar-refractivity contribution in [3.8, 4) is 0 Å². The highest BCUT2D eigenvalue weighted by Gasteiger charge is 2.27. The summed E-state index contributed by atoms with van der Waals surface area (Å²) in [5.74, 6) is -0.583. The molecule has 1 N–H and O–H groups in total. The van der Waals surface area contributed by atoms with Crippen molar-refractivity contribution in [3.63, 3.8) is 0 Å². The van der Waals surface area contributed by atoms with E-state index in [4.69, 9.17) is 0 Å². The van der Waals surface area contributed by atoms with Crippen molar-refractivity contribution in [2.75, 3.05) is 18.1 Å². The third-order valence-electron chi connectivity index (χ3n) is 4.90. The van der Waals surface area contributed by atoms with Crippen molar-refractivity contribution in [1.82, 2.24) is 4.90 Å². The van der Waals surface area contributed by atoms with Crippen molar-refractivity contribution in [2.45, 2.75) is 30.8 Å². The summed E-state index contributed by atoms with van der Waals surface area (Å²) in [6, 6.07) is 7.51. The van der Waals surface area contributed by atoms with Crippen LogP contribution in [0.25, 0.3) is 0 Å². The third-order valence-corrected chi connectivity index (χ3v) is 6.01. The van der Waals surface area contributed by atoms with Gasteiger partial charge in [-0.3, -0.25) is 14.9 Å². The lowest BCUT2D eigenvalue weighted by Crippen LogP contribution is -2.28. The second-order valence-corrected chi connectivity index (χ2v) is 8.99. The van der Waals surface area contributed by atoms with Crippen LogP contribution in [0.1, 0.15) is 30.5 Å². The first-order valence-electron chi connectivity index (χ1n) is 8.85. The largest absolute Gasteiger partial charge is 0.373 e. The number of sulfone groups is 1. The molecule has 0 aliphatic carbocycles. The van der Waals surface area contributed by atoms with Crippen LogP contribution in [0.15, 0.2) is 41.3 Å². The van der Waals surface area contributed by atoms with Crippen LogP contribution in [0.2, 0.25) is 0 Å². The molecule has 1 amide bonds. The van der Waals surface area contributed by atoms with Crippen LogP contribution in [0.5, 0.6) is 0 Å². The number of nitro groups is 1. The van der Waals surface area contributed by atoms with E-state index in [1.807, 2.05) is 0 Å². The van der Waals surface area contributed by atoms with Crippen LogP contribution in [0, 0.1) is 15.9 Å². The molecule has 2 aromatic rings. The molecule has 0 saturated heterocycles. The fourth-order valence-electron chi connectivity index (χ4n) is 3.40. The van der Waals surface area contributed by atoms with Crippen LogP contribution < -0.4 is 5.32 Å². The van der Waals surface area contributed by atoms with Gasteiger partial charge in [-0.2, -0.15) is 0 Å². The van der Waals surface area contributed by atoms with E-state index < -0.39 is 26.6 Å². The molecule has 10 heteroatoms. The lowest BCUT2D eigenvalue weighted by molar-refractivity contribution is -0.384. The smallest absolute Gasteiger partial charge is 0.293 e. The molecule has 29 heavy (non-hydrogen) atoms. The van der Waals surface area contributed by atoms with E-state index in [2.05, 4.69) is 5.32 Å². The molecule has 8 nitrogen and oxygen atoms in total. The monoisotopic (exact) mass is 421 g/mol. The summed E-state index contributed by atoms with van der Waals surface area (Å²) in [6.07, 6.45) is 1.43. The summed E-state index contributed by atoms with van der Waals surface area (Å²) in [4.78, 5) is 24.1. The minimum atomic E-state index is -3.60. The number of amides is 1. The molecule has 0 radical (unpaired) electrons. The normalized spacial score (nSPS) is 16.7. The minimum Gasteiger partial charge on any atom is -0.373 e. The molecule has 1 unspecified atom stereocenters. The highest BCUT2D eigenvalue weighted by molar-refractivity contribution is 7.90. The van der Waals surface area contributed by atoms with Crippen LogP contribution >= 0.6 is 0 Å². The topological polar surface area (TPSA) is 110 Å². The number of rotatable bonds is 4. The number of nitro benzene ring substituents is 1. The highest BCUT2D eigenvalue weighted by Crippen LogP contribution is 2.35. The van der Waals surface area contributed by atoms with Crippen molar-refractivity contribution >= 4 is 27.1 Å². The number of carbonyl (C=O) groups is 1. The Kier molecular flexibility index (Phi) is 5.56. The van der Waals surface area contributed by atoms with Gasteiger partial charge in [0.2, 0.25) is 5.91 Å². The molecule has 0 aromatic heterocycles. The van der Waals surface area contributed by atoms with Crippen molar-refractivity contribution in [3.05, 3.63) is 63.5 Å². The van der Waals surface area contributed by atoms with Crippen LogP contribution in [-0.2, 0) is 21.2 Å². The summed E-state index contributed by atoms with van der Waals surface area (Å²) in [6.45, 7) is 2.07. The van der Waals surface area contributed by atoms with Gasteiger partial charge in [0, 0.05) is 32.3 Å². The Bertz CT molecular complexity index is 1090. The van der Waals surface area contributed by atoms with Gasteiger partial charge < -0.3 is 10.2 Å². The lowest BCUT2D eigenvalue weighted by Gasteiger charge is -2.20. The van der Waals surface area contributed by atoms with Crippen LogP contribution in [0.3, 0.4) is 0 Å². The van der Waals surface area contributed by atoms with Crippen molar-refractivity contribution in [1.29, 1.82) is 0 Å². The van der Waals surface area contributed by atoms with E-state index in [1.165, 1.54) is 31.2 Å². The van der Waals surface area contributed by atoms with Gasteiger partial charge in [0.25, 0.3) is 5.69 Å². The fourth-order valence-corrected chi connectivity index (χ4v) is 4.04. The highest BCUT2D eigenvalue weighted by atomic mass is 32.2. The van der Waals surface area contributed by atoms with Crippen LogP contribution in [0.4, 0.5) is 15.8 Å². The fraction of sp³-hybridized carbons (Fsp3) is 0.316. The number of benzene rings is 2. The zero-order valence-corrected chi connectivity index (χ0v) is 16.7. The first kappa shape index (κ1) is 20.7. The molecule has 1 aliphatic rings. The van der Waals surface area contributed by atoms with Crippen molar-refractivity contribution < 1.29 is 22.5 Å². The number of hydrogen-bond donors (Lipinski definition) is 1. The summed E-state index contributed by atoms with van der Waals surface area (Å²) in [5, 5.41) is 14.6. The molecular weight excluding hydrogens is 401 g/mol. The first-order valence-corrected chi connectivity index (χ1v) is 10.7. The molecule has 1 atom stereocenters. The van der Waals surface area contributed by atoms with Gasteiger partial charge in [-0.15, -0.1) is 0 Å². The average Bonchev–Trinajstić information content (AvgIpc) is 2.80. The Morgan fingerprint density at radius 1 is 1.28 bits per heavy atom. The molecule has 0 bridgehead atoms. The molecule has 1 aliphatic heterocycles. The maximum Gasteiger partial charge on any atom is 0.293 e. The Morgan fingerprint density at radius 2 is 2.00 bits per heavy atom. The minimum absolute atomic E-state index is 0.149. The number of nitrogens with zero attached hydrogens (tertiary/aromatic N) is 2. The van der Waals surface area contributed by atoms with Gasteiger partial charge in [-0.1, -0.05) is 6.07 Å². The second kappa shape index (κ2) is 7.78. The van der Waals surface area contributed by atoms with Gasteiger partial charge in [-0.25, -0.2) is 12.8 Å². The molecular formula is C19H20FN3O5S. The molecule has 154 valence electrons. The number of fused-ring (bicyclic) bond motifs is 1. The van der Waals surface area contributed by atoms with Crippen molar-refractivity contribution in [2.24, 2.45) is 0 Å². The van der Waals surface area contributed by atoms with E-state index in [0.29, 0.717) is 18.5 Å². The number of hydrogen-bond acceptors (Lipinski definition) is 6. The lowest BCUT2D eigenvalue weighted by atomic mass is 9.98. The Morgan fingerprint density at radius 3 is 2.62 bits per heavy atom. The van der Waals surface area contributed by atoms with Gasteiger partial charge in [0.1, 0.15) is 11.5 Å². The molecule has 1 heterocycles. The molecule has 0 fully saturated rings. The van der Waals surface area contributed by atoms with E-state index in [0.717, 1.165) is 17.9 Å². The molecule has 3 rings (SSSR count). The SMILES string of the molecule is CC(=O)N1CCC(Nc2ccc(S(C)(=O)=O)cc2[N+](=O)[O-])c2ccc(F)cc2C1. The van der Waals surface area contributed by atoms with Gasteiger partial charge in [0.15, 0.2) is 9.84 Å². The predicted molar refractivity (Wildman–Crippen MR) is 105 cm³/mol. The van der Waals surface area contributed by atoms with Gasteiger partial charge in [0.05, 0.1) is 15.9 Å². The van der Waals surface area contributed by atoms with Gasteiger partial charge >= 0.3 is 0 Å². The summed E-state index contributed by atoms with van der Waals surface area (Å²) in [5.41, 5.74) is 1.13. The molecule has 2 aromatic carbocycles. The zero-order chi connectivity index (χ0) is 21.3. The summed E-state index contributed by atoms with van der Waals surface area (Å²) in [7, 11) is -3.60. The second-order valence-electron chi connectivity index (χ2n) is 6.98. The number of halogens is 1. The quantitative estimate of drug-likeness (QED) is 0.600. The Labute approximate surface area is 167 Å². The van der Waals surface area contributed by atoms with Crippen LogP contribution in [-0.4, -0.2) is 36.9 Å². The Hall–Kier alpha value is -3.01.